The number of amides is 1. The first-order valence-electron chi connectivity index (χ1n) is 8.95. The van der Waals surface area contributed by atoms with E-state index in [9.17, 15) is 22.0 Å². The molecule has 0 aromatic heterocycles. The van der Waals surface area contributed by atoms with Crippen molar-refractivity contribution in [1.29, 1.82) is 0 Å². The van der Waals surface area contributed by atoms with Crippen molar-refractivity contribution in [3.8, 4) is 5.75 Å². The standard InChI is InChI=1S/C19H20F2N2O5S2/c1-27-18-5-3-14(30(25,26)23-6-8-28-9-7-23)11-17(18)22-19(24)12-29-13-2-4-15(20)16(21)10-13/h2-5,10-11H,6-9,12H2,1H3,(H,22,24). The van der Waals surface area contributed by atoms with Gasteiger partial charge in [-0.15, -0.1) is 11.8 Å². The number of halogens is 2. The molecule has 7 nitrogen and oxygen atoms in total. The lowest BCUT2D eigenvalue weighted by molar-refractivity contribution is -0.113. The number of nitrogens with zero attached hydrogens (tertiary/aromatic N) is 1. The van der Waals surface area contributed by atoms with E-state index >= 15 is 0 Å². The van der Waals surface area contributed by atoms with Crippen LogP contribution >= 0.6 is 11.8 Å². The van der Waals surface area contributed by atoms with Gasteiger partial charge in [0, 0.05) is 18.0 Å². The summed E-state index contributed by atoms with van der Waals surface area (Å²) < 4.78 is 63.7. The Hall–Kier alpha value is -2.21. The van der Waals surface area contributed by atoms with E-state index in [-0.39, 0.29) is 29.4 Å². The largest absolute Gasteiger partial charge is 0.495 e. The Bertz CT molecular complexity index is 1030. The molecule has 1 saturated heterocycles. The van der Waals surface area contributed by atoms with E-state index in [0.29, 0.717) is 23.9 Å². The number of ether oxygens (including phenoxy) is 2. The highest BCUT2D eigenvalue weighted by Crippen LogP contribution is 2.30. The first-order valence-corrected chi connectivity index (χ1v) is 11.4. The summed E-state index contributed by atoms with van der Waals surface area (Å²) in [5.74, 6) is -2.21. The zero-order chi connectivity index (χ0) is 21.7. The van der Waals surface area contributed by atoms with Crippen molar-refractivity contribution >= 4 is 33.4 Å². The summed E-state index contributed by atoms with van der Waals surface area (Å²) in [5, 5.41) is 2.61. The van der Waals surface area contributed by atoms with Crippen LogP contribution in [-0.4, -0.2) is 57.8 Å². The number of sulfonamides is 1. The van der Waals surface area contributed by atoms with Crippen LogP contribution in [-0.2, 0) is 19.6 Å². The number of carbonyl (C=O) groups is 1. The van der Waals surface area contributed by atoms with Gasteiger partial charge in [0.05, 0.1) is 36.7 Å². The molecule has 1 fully saturated rings. The van der Waals surface area contributed by atoms with Gasteiger partial charge in [0.15, 0.2) is 11.6 Å². The van der Waals surface area contributed by atoms with E-state index in [0.717, 1.165) is 23.9 Å². The lowest BCUT2D eigenvalue weighted by Crippen LogP contribution is -2.40. The molecular formula is C19H20F2N2O5S2. The first-order chi connectivity index (χ1) is 14.3. The van der Waals surface area contributed by atoms with Crippen molar-refractivity contribution in [3.63, 3.8) is 0 Å². The molecule has 2 aromatic rings. The first kappa shape index (κ1) is 22.5. The maximum atomic E-state index is 13.3. The van der Waals surface area contributed by atoms with Gasteiger partial charge in [0.25, 0.3) is 0 Å². The number of methoxy groups -OCH3 is 1. The lowest BCUT2D eigenvalue weighted by atomic mass is 10.3. The molecule has 1 aliphatic rings. The number of benzene rings is 2. The lowest BCUT2D eigenvalue weighted by Gasteiger charge is -2.26. The quantitative estimate of drug-likeness (QED) is 0.643. The van der Waals surface area contributed by atoms with Crippen molar-refractivity contribution in [1.82, 2.24) is 4.31 Å². The summed E-state index contributed by atoms with van der Waals surface area (Å²) >= 11 is 1.02. The molecule has 1 aliphatic heterocycles. The molecule has 30 heavy (non-hydrogen) atoms. The summed E-state index contributed by atoms with van der Waals surface area (Å²) in [7, 11) is -2.35. The van der Waals surface area contributed by atoms with Crippen LogP contribution in [0.25, 0.3) is 0 Å². The highest BCUT2D eigenvalue weighted by Gasteiger charge is 2.27. The van der Waals surface area contributed by atoms with Crippen LogP contribution in [0.5, 0.6) is 5.75 Å². The Labute approximate surface area is 177 Å². The van der Waals surface area contributed by atoms with Crippen LogP contribution in [0.2, 0.25) is 0 Å². The minimum Gasteiger partial charge on any atom is -0.495 e. The zero-order valence-electron chi connectivity index (χ0n) is 16.1. The van der Waals surface area contributed by atoms with Gasteiger partial charge >= 0.3 is 0 Å². The molecule has 0 unspecified atom stereocenters. The van der Waals surface area contributed by atoms with Crippen LogP contribution in [0.15, 0.2) is 46.2 Å². The maximum Gasteiger partial charge on any atom is 0.243 e. The van der Waals surface area contributed by atoms with E-state index in [1.807, 2.05) is 0 Å². The molecule has 3 rings (SSSR count). The van der Waals surface area contributed by atoms with Crippen LogP contribution in [0.4, 0.5) is 14.5 Å². The molecule has 11 heteroatoms. The highest BCUT2D eigenvalue weighted by molar-refractivity contribution is 8.00. The van der Waals surface area contributed by atoms with Gasteiger partial charge in [-0.2, -0.15) is 4.31 Å². The van der Waals surface area contributed by atoms with Crippen molar-refractivity contribution in [2.45, 2.75) is 9.79 Å². The third-order valence-corrected chi connectivity index (χ3v) is 7.20. The minimum absolute atomic E-state index is 0.0220. The molecule has 0 saturated carbocycles. The number of rotatable bonds is 7. The summed E-state index contributed by atoms with van der Waals surface area (Å²) in [6, 6.07) is 7.57. The van der Waals surface area contributed by atoms with Crippen LogP contribution in [0, 0.1) is 11.6 Å². The summed E-state index contributed by atoms with van der Waals surface area (Å²) in [5.41, 5.74) is 0.197. The third-order valence-electron chi connectivity index (χ3n) is 4.31. The number of hydrogen-bond acceptors (Lipinski definition) is 6. The van der Waals surface area contributed by atoms with E-state index in [4.69, 9.17) is 9.47 Å². The number of thioether (sulfide) groups is 1. The maximum absolute atomic E-state index is 13.3. The van der Waals surface area contributed by atoms with E-state index in [1.54, 1.807) is 0 Å². The monoisotopic (exact) mass is 458 g/mol. The molecule has 162 valence electrons. The molecule has 0 bridgehead atoms. The van der Waals surface area contributed by atoms with E-state index in [1.165, 1.54) is 35.7 Å². The predicted octanol–water partition coefficient (Wildman–Crippen LogP) is 2.73. The highest BCUT2D eigenvalue weighted by atomic mass is 32.2. The van der Waals surface area contributed by atoms with E-state index < -0.39 is 27.6 Å². The molecule has 2 aromatic carbocycles. The van der Waals surface area contributed by atoms with Crippen molar-refractivity contribution in [2.24, 2.45) is 0 Å². The summed E-state index contributed by atoms with van der Waals surface area (Å²) in [6.07, 6.45) is 0. The predicted molar refractivity (Wildman–Crippen MR) is 108 cm³/mol. The van der Waals surface area contributed by atoms with Gasteiger partial charge in [-0.3, -0.25) is 4.79 Å². The third kappa shape index (κ3) is 5.28. The average Bonchev–Trinajstić information content (AvgIpc) is 2.75. The SMILES string of the molecule is COc1ccc(S(=O)(=O)N2CCOCC2)cc1NC(=O)CSc1ccc(F)c(F)c1. The number of carbonyl (C=O) groups excluding carboxylic acids is 1. The average molecular weight is 459 g/mol. The Morgan fingerprint density at radius 1 is 1.17 bits per heavy atom. The summed E-state index contributed by atoms with van der Waals surface area (Å²) in [4.78, 5) is 12.7. The van der Waals surface area contributed by atoms with Gasteiger partial charge in [0.2, 0.25) is 15.9 Å². The van der Waals surface area contributed by atoms with E-state index in [2.05, 4.69) is 5.32 Å². The number of nitrogens with one attached hydrogen (secondary N) is 1. The molecular weight excluding hydrogens is 438 g/mol. The fourth-order valence-corrected chi connectivity index (χ4v) is 4.94. The normalized spacial score (nSPS) is 15.0. The topological polar surface area (TPSA) is 84.9 Å². The molecule has 0 radical (unpaired) electrons. The Morgan fingerprint density at radius 3 is 2.57 bits per heavy atom. The Morgan fingerprint density at radius 2 is 1.90 bits per heavy atom. The second kappa shape index (κ2) is 9.73. The molecule has 0 aliphatic carbocycles. The second-order valence-electron chi connectivity index (χ2n) is 6.29. The Balaban J connectivity index is 1.73. The molecule has 1 amide bonds. The minimum atomic E-state index is -3.75. The number of hydrogen-bond donors (Lipinski definition) is 1. The zero-order valence-corrected chi connectivity index (χ0v) is 17.7. The van der Waals surface area contributed by atoms with Crippen LogP contribution in [0.1, 0.15) is 0 Å². The smallest absolute Gasteiger partial charge is 0.243 e. The van der Waals surface area contributed by atoms with Crippen LogP contribution in [0.3, 0.4) is 0 Å². The number of morpholine rings is 1. The van der Waals surface area contributed by atoms with Crippen LogP contribution < -0.4 is 10.1 Å². The van der Waals surface area contributed by atoms with Gasteiger partial charge in [-0.05, 0) is 36.4 Å². The van der Waals surface area contributed by atoms with Crippen molar-refractivity contribution in [3.05, 3.63) is 48.0 Å². The molecule has 1 N–H and O–H groups in total. The van der Waals surface area contributed by atoms with Crippen molar-refractivity contribution in [2.75, 3.05) is 44.5 Å². The molecule has 0 atom stereocenters. The second-order valence-corrected chi connectivity index (χ2v) is 9.28. The molecule has 0 spiro atoms. The fraction of sp³-hybridized carbons (Fsp3) is 0.316. The van der Waals surface area contributed by atoms with Gasteiger partial charge in [0.1, 0.15) is 5.75 Å². The number of anilines is 1. The van der Waals surface area contributed by atoms with Crippen molar-refractivity contribution < 1.29 is 31.5 Å². The fourth-order valence-electron chi connectivity index (χ4n) is 2.78. The summed E-state index contributed by atoms with van der Waals surface area (Å²) in [6.45, 7) is 1.14. The van der Waals surface area contributed by atoms with Gasteiger partial charge < -0.3 is 14.8 Å². The van der Waals surface area contributed by atoms with Gasteiger partial charge in [-0.1, -0.05) is 0 Å². The van der Waals surface area contributed by atoms with Gasteiger partial charge in [-0.25, -0.2) is 17.2 Å². The Kier molecular flexibility index (Phi) is 7.29. The molecule has 1 heterocycles.